The normalized spacial score (nSPS) is 14.1. The summed E-state index contributed by atoms with van der Waals surface area (Å²) >= 11 is 0. The summed E-state index contributed by atoms with van der Waals surface area (Å²) in [6, 6.07) is 8.72. The van der Waals surface area contributed by atoms with Crippen molar-refractivity contribution >= 4 is 11.6 Å². The molecule has 0 saturated heterocycles. The first kappa shape index (κ1) is 23.6. The number of rotatable bonds is 5. The molecule has 0 bridgehead atoms. The third kappa shape index (κ3) is 5.24. The lowest BCUT2D eigenvalue weighted by Gasteiger charge is -2.12. The first-order chi connectivity index (χ1) is 17.1. The van der Waals surface area contributed by atoms with Crippen LogP contribution in [0.15, 0.2) is 54.9 Å². The standard InChI is InChI=1S/C23H15F6N7/c24-22(25,26)17-3-1-2-15(33-17)20-34-19(13-6-8-30-16(10-13)12-4-5-12)35-21(36-20)32-14-7-9-31-18(11-14)23(27,28)29/h1-3,6-12H,4-5H2,(H,31,32,34,35,36). The molecule has 0 atom stereocenters. The number of hydrogen-bond donors (Lipinski definition) is 1. The van der Waals surface area contributed by atoms with Crippen LogP contribution in [0, 0.1) is 0 Å². The largest absolute Gasteiger partial charge is 0.433 e. The zero-order chi connectivity index (χ0) is 25.5. The predicted octanol–water partition coefficient (Wildman–Crippen LogP) is 6.05. The van der Waals surface area contributed by atoms with Crippen molar-refractivity contribution in [3.8, 4) is 22.9 Å². The summed E-state index contributed by atoms with van der Waals surface area (Å²) in [5.41, 5.74) is -1.13. The lowest BCUT2D eigenvalue weighted by Crippen LogP contribution is -2.10. The van der Waals surface area contributed by atoms with Gasteiger partial charge in [0.2, 0.25) is 5.95 Å². The van der Waals surface area contributed by atoms with E-state index in [0.29, 0.717) is 11.5 Å². The average molecular weight is 503 g/mol. The van der Waals surface area contributed by atoms with Crippen LogP contribution in [-0.4, -0.2) is 29.9 Å². The Balaban J connectivity index is 1.59. The Hall–Kier alpha value is -4.16. The molecule has 7 nitrogen and oxygen atoms in total. The minimum atomic E-state index is -4.69. The second-order valence-corrected chi connectivity index (χ2v) is 8.01. The molecule has 5 rings (SSSR count). The fraction of sp³-hybridized carbons (Fsp3) is 0.217. The van der Waals surface area contributed by atoms with Gasteiger partial charge in [-0.1, -0.05) is 6.07 Å². The fourth-order valence-electron chi connectivity index (χ4n) is 3.37. The molecule has 0 spiro atoms. The minimum absolute atomic E-state index is 0.0224. The van der Waals surface area contributed by atoms with Crippen molar-refractivity contribution < 1.29 is 26.3 Å². The Kier molecular flexibility index (Phi) is 5.77. The van der Waals surface area contributed by atoms with Gasteiger partial charge in [-0.2, -0.15) is 36.3 Å². The second kappa shape index (κ2) is 8.81. The first-order valence-corrected chi connectivity index (χ1v) is 10.6. The smallest absolute Gasteiger partial charge is 0.324 e. The van der Waals surface area contributed by atoms with Crippen molar-refractivity contribution in [3.63, 3.8) is 0 Å². The molecule has 4 aromatic rings. The molecule has 0 aliphatic heterocycles. The van der Waals surface area contributed by atoms with E-state index in [1.807, 2.05) is 0 Å². The van der Waals surface area contributed by atoms with Gasteiger partial charge in [-0.3, -0.25) is 9.97 Å². The van der Waals surface area contributed by atoms with E-state index in [2.05, 4.69) is 35.2 Å². The number of anilines is 2. The van der Waals surface area contributed by atoms with Crippen molar-refractivity contribution in [2.75, 3.05) is 5.32 Å². The van der Waals surface area contributed by atoms with Crippen LogP contribution in [0.2, 0.25) is 0 Å². The maximum absolute atomic E-state index is 13.2. The van der Waals surface area contributed by atoms with E-state index in [1.165, 1.54) is 12.1 Å². The molecular weight excluding hydrogens is 488 g/mol. The van der Waals surface area contributed by atoms with Crippen molar-refractivity contribution in [2.24, 2.45) is 0 Å². The monoisotopic (exact) mass is 503 g/mol. The number of pyridine rings is 3. The Morgan fingerprint density at radius 3 is 2.17 bits per heavy atom. The van der Waals surface area contributed by atoms with Gasteiger partial charge in [0.05, 0.1) is 0 Å². The maximum Gasteiger partial charge on any atom is 0.433 e. The van der Waals surface area contributed by atoms with E-state index in [4.69, 9.17) is 0 Å². The highest BCUT2D eigenvalue weighted by Gasteiger charge is 2.33. The van der Waals surface area contributed by atoms with Crippen molar-refractivity contribution in [3.05, 3.63) is 71.9 Å². The van der Waals surface area contributed by atoms with E-state index in [9.17, 15) is 26.3 Å². The summed E-state index contributed by atoms with van der Waals surface area (Å²) in [6.07, 6.45) is -4.85. The van der Waals surface area contributed by atoms with Gasteiger partial charge in [-0.05, 0) is 49.2 Å². The number of halogens is 6. The Bertz CT molecular complexity index is 1420. The summed E-state index contributed by atoms with van der Waals surface area (Å²) in [7, 11) is 0. The molecule has 184 valence electrons. The van der Waals surface area contributed by atoms with Crippen LogP contribution in [0.4, 0.5) is 38.0 Å². The van der Waals surface area contributed by atoms with Crippen LogP contribution in [-0.2, 0) is 12.4 Å². The quantitative estimate of drug-likeness (QED) is 0.332. The highest BCUT2D eigenvalue weighted by Crippen LogP contribution is 2.40. The van der Waals surface area contributed by atoms with Gasteiger partial charge in [0.25, 0.3) is 0 Å². The molecule has 1 N–H and O–H groups in total. The van der Waals surface area contributed by atoms with Crippen LogP contribution in [0.1, 0.15) is 35.8 Å². The van der Waals surface area contributed by atoms with E-state index in [1.54, 1.807) is 18.3 Å². The third-order valence-corrected chi connectivity index (χ3v) is 5.25. The Morgan fingerprint density at radius 1 is 0.722 bits per heavy atom. The first-order valence-electron chi connectivity index (χ1n) is 10.6. The molecule has 1 saturated carbocycles. The molecule has 1 aliphatic rings. The predicted molar refractivity (Wildman–Crippen MR) is 116 cm³/mol. The van der Waals surface area contributed by atoms with Crippen LogP contribution >= 0.6 is 0 Å². The molecule has 0 amide bonds. The fourth-order valence-corrected chi connectivity index (χ4v) is 3.37. The summed E-state index contributed by atoms with van der Waals surface area (Å²) < 4.78 is 78.9. The number of aromatic nitrogens is 6. The lowest BCUT2D eigenvalue weighted by molar-refractivity contribution is -0.141. The van der Waals surface area contributed by atoms with Crippen LogP contribution in [0.3, 0.4) is 0 Å². The summed E-state index contributed by atoms with van der Waals surface area (Å²) in [6.45, 7) is 0. The zero-order valence-corrected chi connectivity index (χ0v) is 18.1. The highest BCUT2D eigenvalue weighted by atomic mass is 19.4. The van der Waals surface area contributed by atoms with Crippen LogP contribution in [0.5, 0.6) is 0 Å². The molecule has 4 heterocycles. The third-order valence-electron chi connectivity index (χ3n) is 5.25. The number of nitrogens with zero attached hydrogens (tertiary/aromatic N) is 6. The second-order valence-electron chi connectivity index (χ2n) is 8.01. The van der Waals surface area contributed by atoms with E-state index in [-0.39, 0.29) is 29.0 Å². The number of hydrogen-bond acceptors (Lipinski definition) is 7. The van der Waals surface area contributed by atoms with Crippen LogP contribution < -0.4 is 5.32 Å². The van der Waals surface area contributed by atoms with Gasteiger partial charge >= 0.3 is 12.4 Å². The van der Waals surface area contributed by atoms with E-state index in [0.717, 1.165) is 42.9 Å². The minimum Gasteiger partial charge on any atom is -0.324 e. The summed E-state index contributed by atoms with van der Waals surface area (Å²) in [4.78, 5) is 24.0. The van der Waals surface area contributed by atoms with E-state index >= 15 is 0 Å². The topological polar surface area (TPSA) is 89.4 Å². The van der Waals surface area contributed by atoms with Gasteiger partial charge in [-0.15, -0.1) is 0 Å². The van der Waals surface area contributed by atoms with Gasteiger partial charge in [0, 0.05) is 35.3 Å². The van der Waals surface area contributed by atoms with Crippen molar-refractivity contribution in [1.82, 2.24) is 29.9 Å². The van der Waals surface area contributed by atoms with Gasteiger partial charge in [0.1, 0.15) is 17.1 Å². The van der Waals surface area contributed by atoms with Gasteiger partial charge in [-0.25, -0.2) is 9.97 Å². The van der Waals surface area contributed by atoms with Gasteiger partial charge < -0.3 is 5.32 Å². The van der Waals surface area contributed by atoms with E-state index < -0.39 is 23.7 Å². The van der Waals surface area contributed by atoms with Crippen molar-refractivity contribution in [1.29, 1.82) is 0 Å². The highest BCUT2D eigenvalue weighted by molar-refractivity contribution is 5.63. The van der Waals surface area contributed by atoms with Crippen molar-refractivity contribution in [2.45, 2.75) is 31.1 Å². The molecule has 0 unspecified atom stereocenters. The molecular formula is C23H15F6N7. The molecule has 36 heavy (non-hydrogen) atoms. The summed E-state index contributed by atoms with van der Waals surface area (Å²) in [5.74, 6) is 0.0320. The average Bonchev–Trinajstić information content (AvgIpc) is 3.69. The molecule has 0 aromatic carbocycles. The zero-order valence-electron chi connectivity index (χ0n) is 18.1. The SMILES string of the molecule is FC(F)(F)c1cc(Nc2nc(-c3ccnc(C4CC4)c3)nc(-c3cccc(C(F)(F)F)n3)n2)ccn1. The number of nitrogens with one attached hydrogen (secondary N) is 1. The Morgan fingerprint density at radius 2 is 1.44 bits per heavy atom. The Labute approximate surface area is 199 Å². The van der Waals surface area contributed by atoms with Gasteiger partial charge in [0.15, 0.2) is 11.6 Å². The number of alkyl halides is 6. The maximum atomic E-state index is 13.2. The molecule has 13 heteroatoms. The molecule has 4 aromatic heterocycles. The molecule has 1 aliphatic carbocycles. The van der Waals surface area contributed by atoms with Crippen LogP contribution in [0.25, 0.3) is 22.9 Å². The molecule has 0 radical (unpaired) electrons. The summed E-state index contributed by atoms with van der Waals surface area (Å²) in [5, 5.41) is 2.66. The molecule has 1 fully saturated rings. The lowest BCUT2D eigenvalue weighted by atomic mass is 10.1.